The number of nitrogens with one attached hydrogen (secondary N) is 1. The molecule has 0 aromatic heterocycles. The fourth-order valence-electron chi connectivity index (χ4n) is 2.41. The second kappa shape index (κ2) is 6.86. The van der Waals surface area contributed by atoms with Crippen LogP contribution in [0.5, 0.6) is 0 Å². The zero-order valence-electron chi connectivity index (χ0n) is 10.4. The highest BCUT2D eigenvalue weighted by molar-refractivity contribution is 5.77. The SMILES string of the molecule is COCC[C@@H](C)N[C@H]1CCCC[C@@H]1C(N)=O. The summed E-state index contributed by atoms with van der Waals surface area (Å²) < 4.78 is 5.04. The van der Waals surface area contributed by atoms with E-state index in [-0.39, 0.29) is 17.9 Å². The molecule has 3 atom stereocenters. The average Bonchev–Trinajstić information content (AvgIpc) is 2.27. The van der Waals surface area contributed by atoms with Crippen molar-refractivity contribution in [1.82, 2.24) is 5.32 Å². The van der Waals surface area contributed by atoms with Crippen molar-refractivity contribution in [2.45, 2.75) is 51.1 Å². The van der Waals surface area contributed by atoms with Crippen molar-refractivity contribution >= 4 is 5.91 Å². The van der Waals surface area contributed by atoms with Gasteiger partial charge in [0, 0.05) is 25.8 Å². The van der Waals surface area contributed by atoms with E-state index in [2.05, 4.69) is 12.2 Å². The maximum absolute atomic E-state index is 11.3. The number of carbonyl (C=O) groups is 1. The van der Waals surface area contributed by atoms with Gasteiger partial charge in [-0.25, -0.2) is 0 Å². The van der Waals surface area contributed by atoms with Crippen LogP contribution in [-0.2, 0) is 9.53 Å². The number of rotatable bonds is 6. The van der Waals surface area contributed by atoms with Gasteiger partial charge in [-0.05, 0) is 26.2 Å². The highest BCUT2D eigenvalue weighted by Gasteiger charge is 2.29. The molecule has 1 amide bonds. The smallest absolute Gasteiger partial charge is 0.222 e. The molecular weight excluding hydrogens is 204 g/mol. The molecule has 0 heterocycles. The number of nitrogens with two attached hydrogens (primary N) is 1. The van der Waals surface area contributed by atoms with Crippen LogP contribution in [0.3, 0.4) is 0 Å². The Kier molecular flexibility index (Phi) is 5.77. The fraction of sp³-hybridized carbons (Fsp3) is 0.917. The first-order chi connectivity index (χ1) is 7.65. The van der Waals surface area contributed by atoms with E-state index in [9.17, 15) is 4.79 Å². The minimum absolute atomic E-state index is 0.0127. The van der Waals surface area contributed by atoms with Crippen LogP contribution in [0.25, 0.3) is 0 Å². The summed E-state index contributed by atoms with van der Waals surface area (Å²) in [6.45, 7) is 2.88. The normalized spacial score (nSPS) is 27.6. The van der Waals surface area contributed by atoms with E-state index in [1.54, 1.807) is 7.11 Å². The van der Waals surface area contributed by atoms with Crippen molar-refractivity contribution in [2.24, 2.45) is 11.7 Å². The lowest BCUT2D eigenvalue weighted by Crippen LogP contribution is -2.48. The van der Waals surface area contributed by atoms with Crippen molar-refractivity contribution in [1.29, 1.82) is 0 Å². The second-order valence-corrected chi connectivity index (χ2v) is 4.75. The van der Waals surface area contributed by atoms with Gasteiger partial charge in [-0.15, -0.1) is 0 Å². The molecular formula is C12H24N2O2. The Morgan fingerprint density at radius 2 is 2.19 bits per heavy atom. The van der Waals surface area contributed by atoms with Crippen molar-refractivity contribution < 1.29 is 9.53 Å². The van der Waals surface area contributed by atoms with Gasteiger partial charge in [0.15, 0.2) is 0 Å². The number of hydrogen-bond acceptors (Lipinski definition) is 3. The van der Waals surface area contributed by atoms with Gasteiger partial charge in [-0.3, -0.25) is 4.79 Å². The van der Waals surface area contributed by atoms with E-state index in [1.165, 1.54) is 6.42 Å². The maximum Gasteiger partial charge on any atom is 0.222 e. The number of amides is 1. The predicted molar refractivity (Wildman–Crippen MR) is 64.0 cm³/mol. The van der Waals surface area contributed by atoms with E-state index < -0.39 is 0 Å². The van der Waals surface area contributed by atoms with Crippen molar-refractivity contribution in [3.63, 3.8) is 0 Å². The molecule has 1 fully saturated rings. The van der Waals surface area contributed by atoms with Crippen LogP contribution in [0.15, 0.2) is 0 Å². The third kappa shape index (κ3) is 4.10. The molecule has 0 saturated heterocycles. The quantitative estimate of drug-likeness (QED) is 0.714. The zero-order chi connectivity index (χ0) is 12.0. The first kappa shape index (κ1) is 13.5. The maximum atomic E-state index is 11.3. The summed E-state index contributed by atoms with van der Waals surface area (Å²) in [6.07, 6.45) is 5.28. The molecule has 0 unspecified atom stereocenters. The largest absolute Gasteiger partial charge is 0.385 e. The molecule has 16 heavy (non-hydrogen) atoms. The Morgan fingerprint density at radius 1 is 1.50 bits per heavy atom. The van der Waals surface area contributed by atoms with Crippen LogP contribution < -0.4 is 11.1 Å². The van der Waals surface area contributed by atoms with Gasteiger partial charge in [0.05, 0.1) is 5.92 Å². The van der Waals surface area contributed by atoms with E-state index >= 15 is 0 Å². The number of ether oxygens (including phenoxy) is 1. The Morgan fingerprint density at radius 3 is 2.81 bits per heavy atom. The van der Waals surface area contributed by atoms with Crippen LogP contribution in [-0.4, -0.2) is 31.7 Å². The average molecular weight is 228 g/mol. The topological polar surface area (TPSA) is 64.3 Å². The van der Waals surface area contributed by atoms with E-state index in [4.69, 9.17) is 10.5 Å². The van der Waals surface area contributed by atoms with Gasteiger partial charge < -0.3 is 15.8 Å². The third-order valence-corrected chi connectivity index (χ3v) is 3.38. The van der Waals surface area contributed by atoms with E-state index in [0.29, 0.717) is 6.04 Å². The van der Waals surface area contributed by atoms with Crippen LogP contribution in [0, 0.1) is 5.92 Å². The molecule has 1 aliphatic carbocycles. The van der Waals surface area contributed by atoms with Crippen molar-refractivity contribution in [2.75, 3.05) is 13.7 Å². The van der Waals surface area contributed by atoms with Gasteiger partial charge >= 0.3 is 0 Å². The standard InChI is InChI=1S/C12H24N2O2/c1-9(7-8-16-2)14-11-6-4-3-5-10(11)12(13)15/h9-11,14H,3-8H2,1-2H3,(H2,13,15)/t9-,10+,11+/m1/s1. The molecule has 0 radical (unpaired) electrons. The molecule has 0 aromatic carbocycles. The van der Waals surface area contributed by atoms with Gasteiger partial charge in [0.2, 0.25) is 5.91 Å². The second-order valence-electron chi connectivity index (χ2n) is 4.75. The predicted octanol–water partition coefficient (Wildman–Crippen LogP) is 1.05. The fourth-order valence-corrected chi connectivity index (χ4v) is 2.41. The summed E-state index contributed by atoms with van der Waals surface area (Å²) in [4.78, 5) is 11.3. The Labute approximate surface area is 97.9 Å². The lowest BCUT2D eigenvalue weighted by molar-refractivity contribution is -0.123. The molecule has 4 nitrogen and oxygen atoms in total. The lowest BCUT2D eigenvalue weighted by Gasteiger charge is -2.32. The molecule has 3 N–H and O–H groups in total. The summed E-state index contributed by atoms with van der Waals surface area (Å²) in [5.41, 5.74) is 5.43. The van der Waals surface area contributed by atoms with Crippen LogP contribution in [0.2, 0.25) is 0 Å². The summed E-state index contributed by atoms with van der Waals surface area (Å²) in [5, 5.41) is 3.50. The minimum Gasteiger partial charge on any atom is -0.385 e. The number of methoxy groups -OCH3 is 1. The summed E-state index contributed by atoms with van der Waals surface area (Å²) in [7, 11) is 1.71. The van der Waals surface area contributed by atoms with Crippen molar-refractivity contribution in [3.05, 3.63) is 0 Å². The van der Waals surface area contributed by atoms with Gasteiger partial charge in [-0.1, -0.05) is 12.8 Å². The van der Waals surface area contributed by atoms with E-state index in [0.717, 1.165) is 32.3 Å². The highest BCUT2D eigenvalue weighted by Crippen LogP contribution is 2.24. The number of carbonyl (C=O) groups excluding carboxylic acids is 1. The van der Waals surface area contributed by atoms with Gasteiger partial charge in [0.1, 0.15) is 0 Å². The van der Waals surface area contributed by atoms with Crippen LogP contribution in [0.1, 0.15) is 39.0 Å². The van der Waals surface area contributed by atoms with Gasteiger partial charge in [-0.2, -0.15) is 0 Å². The minimum atomic E-state index is -0.156. The molecule has 0 bridgehead atoms. The molecule has 94 valence electrons. The molecule has 1 rings (SSSR count). The molecule has 1 saturated carbocycles. The molecule has 1 aliphatic rings. The Bertz CT molecular complexity index is 221. The van der Waals surface area contributed by atoms with Crippen molar-refractivity contribution in [3.8, 4) is 0 Å². The Hall–Kier alpha value is -0.610. The molecule has 0 aromatic rings. The highest BCUT2D eigenvalue weighted by atomic mass is 16.5. The van der Waals surface area contributed by atoms with Gasteiger partial charge in [0.25, 0.3) is 0 Å². The first-order valence-corrected chi connectivity index (χ1v) is 6.19. The monoisotopic (exact) mass is 228 g/mol. The van der Waals surface area contributed by atoms with Crippen LogP contribution in [0.4, 0.5) is 0 Å². The Balaban J connectivity index is 2.39. The zero-order valence-corrected chi connectivity index (χ0v) is 10.4. The molecule has 0 aliphatic heterocycles. The summed E-state index contributed by atoms with van der Waals surface area (Å²) in [5.74, 6) is -0.144. The number of hydrogen-bond donors (Lipinski definition) is 2. The number of primary amides is 1. The lowest BCUT2D eigenvalue weighted by atomic mass is 9.83. The van der Waals surface area contributed by atoms with Crippen LogP contribution >= 0.6 is 0 Å². The van der Waals surface area contributed by atoms with E-state index in [1.807, 2.05) is 0 Å². The first-order valence-electron chi connectivity index (χ1n) is 6.19. The third-order valence-electron chi connectivity index (χ3n) is 3.38. The summed E-state index contributed by atoms with van der Waals surface area (Å²) >= 11 is 0. The summed E-state index contributed by atoms with van der Waals surface area (Å²) in [6, 6.07) is 0.642. The molecule has 4 heteroatoms. The molecule has 0 spiro atoms.